The molecule has 1 aliphatic heterocycles. The molecule has 1 atom stereocenters. The van der Waals surface area contributed by atoms with Crippen LogP contribution in [0.1, 0.15) is 62.0 Å². The number of rotatable bonds is 4. The van der Waals surface area contributed by atoms with Crippen molar-refractivity contribution in [3.63, 3.8) is 0 Å². The molecule has 2 rings (SSSR count). The summed E-state index contributed by atoms with van der Waals surface area (Å²) in [5.41, 5.74) is 2.92. The summed E-state index contributed by atoms with van der Waals surface area (Å²) in [6.07, 6.45) is 1.99. The van der Waals surface area contributed by atoms with Crippen LogP contribution in [0.15, 0.2) is 12.1 Å². The lowest BCUT2D eigenvalue weighted by atomic mass is 9.83. The number of ketones is 1. The molecule has 0 aliphatic carbocycles. The maximum atomic E-state index is 12.8. The quantitative estimate of drug-likeness (QED) is 0.860. The molecular weight excluding hydrogens is 262 g/mol. The second kappa shape index (κ2) is 6.18. The Balaban J connectivity index is 2.52. The van der Waals surface area contributed by atoms with E-state index in [4.69, 9.17) is 4.74 Å². The van der Waals surface area contributed by atoms with Gasteiger partial charge in [0.25, 0.3) is 0 Å². The highest BCUT2D eigenvalue weighted by atomic mass is 16.5. The van der Waals surface area contributed by atoms with Gasteiger partial charge < -0.3 is 10.1 Å². The molecule has 0 bridgehead atoms. The number of carbonyl (C=O) groups is 1. The highest BCUT2D eigenvalue weighted by Crippen LogP contribution is 2.36. The van der Waals surface area contributed by atoms with Gasteiger partial charge in [0.2, 0.25) is 0 Å². The number of nitrogens with one attached hydrogen (secondary N) is 1. The molecule has 1 heterocycles. The fraction of sp³-hybridized carbons (Fsp3) is 0.611. The van der Waals surface area contributed by atoms with Crippen LogP contribution in [0.25, 0.3) is 0 Å². The number of Topliss-reactive ketones (excluding diaryl/α,β-unsaturated/α-hetero) is 1. The molecule has 1 unspecified atom stereocenters. The fourth-order valence-corrected chi connectivity index (χ4v) is 2.91. The fourth-order valence-electron chi connectivity index (χ4n) is 2.91. The second-order valence-corrected chi connectivity index (χ2v) is 6.89. The van der Waals surface area contributed by atoms with E-state index in [1.165, 1.54) is 0 Å². The van der Waals surface area contributed by atoms with Crippen molar-refractivity contribution >= 4 is 5.78 Å². The molecule has 1 aliphatic rings. The van der Waals surface area contributed by atoms with E-state index in [1.807, 2.05) is 19.9 Å². The first-order chi connectivity index (χ1) is 9.84. The summed E-state index contributed by atoms with van der Waals surface area (Å²) in [6, 6.07) is 4.06. The molecule has 1 fully saturated rings. The highest BCUT2D eigenvalue weighted by molar-refractivity contribution is 6.03. The Bertz CT molecular complexity index is 523. The molecule has 0 spiro atoms. The van der Waals surface area contributed by atoms with Crippen molar-refractivity contribution in [2.45, 2.75) is 58.9 Å². The van der Waals surface area contributed by atoms with Gasteiger partial charge in [-0.25, -0.2) is 0 Å². The summed E-state index contributed by atoms with van der Waals surface area (Å²) >= 11 is 0. The standard InChI is InChI=1S/C18H27NO2/c1-6-21-17-13(16(20)15-8-7-9-19-15)10-12(2)11-14(17)18(3,4)5/h10-11,15,19H,6-9H2,1-5H3. The number of ether oxygens (including phenoxy) is 1. The number of hydrogen-bond donors (Lipinski definition) is 1. The minimum atomic E-state index is -0.0566. The van der Waals surface area contributed by atoms with Gasteiger partial charge in [-0.3, -0.25) is 4.79 Å². The van der Waals surface area contributed by atoms with Gasteiger partial charge in [0.1, 0.15) is 5.75 Å². The zero-order valence-electron chi connectivity index (χ0n) is 13.9. The van der Waals surface area contributed by atoms with Gasteiger partial charge in [-0.05, 0) is 50.3 Å². The van der Waals surface area contributed by atoms with Crippen molar-refractivity contribution in [2.75, 3.05) is 13.2 Å². The number of carbonyl (C=O) groups excluding carboxylic acids is 1. The Morgan fingerprint density at radius 1 is 1.38 bits per heavy atom. The lowest BCUT2D eigenvalue weighted by Crippen LogP contribution is -2.31. The van der Waals surface area contributed by atoms with Crippen LogP contribution in [-0.2, 0) is 5.41 Å². The van der Waals surface area contributed by atoms with Crippen LogP contribution < -0.4 is 10.1 Å². The Kier molecular flexibility index (Phi) is 4.72. The molecule has 1 aromatic carbocycles. The lowest BCUT2D eigenvalue weighted by molar-refractivity contribution is 0.0948. The molecule has 0 radical (unpaired) electrons. The van der Waals surface area contributed by atoms with Gasteiger partial charge in [0, 0.05) is 5.56 Å². The summed E-state index contributed by atoms with van der Waals surface area (Å²) < 4.78 is 5.88. The van der Waals surface area contributed by atoms with Crippen molar-refractivity contribution in [2.24, 2.45) is 0 Å². The van der Waals surface area contributed by atoms with Crippen LogP contribution in [-0.4, -0.2) is 25.0 Å². The molecule has 1 aromatic rings. The first-order valence-corrected chi connectivity index (χ1v) is 7.90. The number of aryl methyl sites for hydroxylation is 1. The minimum absolute atomic E-state index is 0.0470. The summed E-state index contributed by atoms with van der Waals surface area (Å²) in [5, 5.41) is 3.30. The molecular formula is C18H27NO2. The highest BCUT2D eigenvalue weighted by Gasteiger charge is 2.29. The Hall–Kier alpha value is -1.35. The van der Waals surface area contributed by atoms with E-state index in [1.54, 1.807) is 0 Å². The van der Waals surface area contributed by atoms with Gasteiger partial charge in [-0.2, -0.15) is 0 Å². The molecule has 1 N–H and O–H groups in total. The largest absolute Gasteiger partial charge is 0.493 e. The predicted octanol–water partition coefficient (Wildman–Crippen LogP) is 3.63. The molecule has 0 amide bonds. The van der Waals surface area contributed by atoms with Crippen LogP contribution in [0, 0.1) is 6.92 Å². The van der Waals surface area contributed by atoms with Crippen molar-refractivity contribution in [1.29, 1.82) is 0 Å². The summed E-state index contributed by atoms with van der Waals surface area (Å²) in [7, 11) is 0. The molecule has 3 heteroatoms. The second-order valence-electron chi connectivity index (χ2n) is 6.89. The smallest absolute Gasteiger partial charge is 0.183 e. The zero-order chi connectivity index (χ0) is 15.6. The maximum Gasteiger partial charge on any atom is 0.183 e. The zero-order valence-corrected chi connectivity index (χ0v) is 13.9. The minimum Gasteiger partial charge on any atom is -0.493 e. The third-order valence-corrected chi connectivity index (χ3v) is 3.97. The average Bonchev–Trinajstić information content (AvgIpc) is 2.92. The molecule has 0 aromatic heterocycles. The Labute approximate surface area is 128 Å². The maximum absolute atomic E-state index is 12.8. The van der Waals surface area contributed by atoms with Crippen LogP contribution in [0.5, 0.6) is 5.75 Å². The average molecular weight is 289 g/mol. The van der Waals surface area contributed by atoms with Crippen molar-refractivity contribution in [1.82, 2.24) is 5.32 Å². The van der Waals surface area contributed by atoms with E-state index in [0.717, 1.165) is 41.8 Å². The molecule has 3 nitrogen and oxygen atoms in total. The van der Waals surface area contributed by atoms with Crippen molar-refractivity contribution < 1.29 is 9.53 Å². The van der Waals surface area contributed by atoms with Crippen LogP contribution in [0.4, 0.5) is 0 Å². The topological polar surface area (TPSA) is 38.3 Å². The first kappa shape index (κ1) is 16.0. The van der Waals surface area contributed by atoms with Crippen LogP contribution in [0.2, 0.25) is 0 Å². The molecule has 116 valence electrons. The summed E-state index contributed by atoms with van der Waals surface area (Å²) in [6.45, 7) is 12.0. The van der Waals surface area contributed by atoms with E-state index >= 15 is 0 Å². The van der Waals surface area contributed by atoms with E-state index < -0.39 is 0 Å². The van der Waals surface area contributed by atoms with Gasteiger partial charge in [-0.15, -0.1) is 0 Å². The van der Waals surface area contributed by atoms with Crippen molar-refractivity contribution in [3.8, 4) is 5.75 Å². The summed E-state index contributed by atoms with van der Waals surface area (Å²) in [4.78, 5) is 12.8. The number of benzene rings is 1. The predicted molar refractivity (Wildman–Crippen MR) is 86.4 cm³/mol. The third kappa shape index (κ3) is 3.46. The SMILES string of the molecule is CCOc1c(C(=O)C2CCCN2)cc(C)cc1C(C)(C)C. The molecule has 1 saturated heterocycles. The molecule has 0 saturated carbocycles. The molecule has 21 heavy (non-hydrogen) atoms. The lowest BCUT2D eigenvalue weighted by Gasteiger charge is -2.26. The summed E-state index contributed by atoms with van der Waals surface area (Å²) in [5.74, 6) is 0.944. The van der Waals surface area contributed by atoms with E-state index in [-0.39, 0.29) is 17.2 Å². The van der Waals surface area contributed by atoms with Crippen LogP contribution >= 0.6 is 0 Å². The number of hydrogen-bond acceptors (Lipinski definition) is 3. The van der Waals surface area contributed by atoms with Gasteiger partial charge >= 0.3 is 0 Å². The van der Waals surface area contributed by atoms with Crippen LogP contribution in [0.3, 0.4) is 0 Å². The van der Waals surface area contributed by atoms with Gasteiger partial charge in [0.15, 0.2) is 5.78 Å². The van der Waals surface area contributed by atoms with Crippen molar-refractivity contribution in [3.05, 3.63) is 28.8 Å². The Morgan fingerprint density at radius 3 is 2.62 bits per heavy atom. The van der Waals surface area contributed by atoms with E-state index in [0.29, 0.717) is 6.61 Å². The third-order valence-electron chi connectivity index (χ3n) is 3.97. The van der Waals surface area contributed by atoms with E-state index in [2.05, 4.69) is 32.2 Å². The van der Waals surface area contributed by atoms with Gasteiger partial charge in [0.05, 0.1) is 18.2 Å². The normalized spacial score (nSPS) is 18.8. The monoisotopic (exact) mass is 289 g/mol. The first-order valence-electron chi connectivity index (χ1n) is 7.90. The van der Waals surface area contributed by atoms with E-state index in [9.17, 15) is 4.79 Å². The van der Waals surface area contributed by atoms with Gasteiger partial charge in [-0.1, -0.05) is 26.8 Å². The Morgan fingerprint density at radius 2 is 2.10 bits per heavy atom.